The smallest absolute Gasteiger partial charge is 0.326 e. The predicted octanol–water partition coefficient (Wildman–Crippen LogP) is 4.13. The summed E-state index contributed by atoms with van der Waals surface area (Å²) in [6.07, 6.45) is 0. The van der Waals surface area contributed by atoms with Crippen molar-refractivity contribution in [2.45, 2.75) is 52.2 Å². The van der Waals surface area contributed by atoms with Crippen molar-refractivity contribution in [3.63, 3.8) is 0 Å². The van der Waals surface area contributed by atoms with Crippen molar-refractivity contribution in [1.82, 2.24) is 5.09 Å². The molecule has 1 atom stereocenters. The highest BCUT2D eigenvalue weighted by Crippen LogP contribution is 2.56. The molecule has 23 heavy (non-hydrogen) atoms. The summed E-state index contributed by atoms with van der Waals surface area (Å²) in [5.74, 6) is -0.893. The Hall–Kier alpha value is -1.39. The van der Waals surface area contributed by atoms with Crippen LogP contribution >= 0.6 is 7.52 Å². The third-order valence-electron chi connectivity index (χ3n) is 3.13. The lowest BCUT2D eigenvalue weighted by Gasteiger charge is -2.36. The van der Waals surface area contributed by atoms with Crippen LogP contribution in [0.2, 0.25) is 0 Å². The summed E-state index contributed by atoms with van der Waals surface area (Å²) >= 11 is 0. The lowest BCUT2D eigenvalue weighted by Crippen LogP contribution is -2.49. The number of carbonyl (C=O) groups is 1. The van der Waals surface area contributed by atoms with E-state index in [1.807, 2.05) is 0 Å². The van der Waals surface area contributed by atoms with Crippen molar-refractivity contribution < 1.29 is 23.0 Å². The molecule has 0 heterocycles. The summed E-state index contributed by atoms with van der Waals surface area (Å²) in [6, 6.07) is 5.40. The molecule has 1 N–H and O–H groups in total. The molecule has 1 unspecified atom stereocenters. The Kier molecular flexibility index (Phi) is 6.00. The van der Waals surface area contributed by atoms with Gasteiger partial charge in [0.2, 0.25) is 0 Å². The highest BCUT2D eigenvalue weighted by Gasteiger charge is 2.46. The van der Waals surface area contributed by atoms with Crippen molar-refractivity contribution in [2.75, 3.05) is 6.61 Å². The standard InChI is InChI=1S/C16H25FNO4P/c1-7-21-14(19)16(5,6)18-23(20,15(2,3)4)22-13-10-8-9-12(17)11-13/h8-11H,7H2,1-6H3,(H,18,20). The summed E-state index contributed by atoms with van der Waals surface area (Å²) in [7, 11) is -3.56. The minimum absolute atomic E-state index is 0.135. The van der Waals surface area contributed by atoms with Crippen LogP contribution in [0.4, 0.5) is 4.39 Å². The van der Waals surface area contributed by atoms with Crippen LogP contribution in [-0.4, -0.2) is 23.3 Å². The van der Waals surface area contributed by atoms with Crippen molar-refractivity contribution in [2.24, 2.45) is 0 Å². The Bertz CT molecular complexity index is 610. The summed E-state index contributed by atoms with van der Waals surface area (Å²) in [6.45, 7) is 10.2. The van der Waals surface area contributed by atoms with Gasteiger partial charge in [0.1, 0.15) is 17.1 Å². The van der Waals surface area contributed by atoms with Gasteiger partial charge in [0.05, 0.1) is 11.8 Å². The van der Waals surface area contributed by atoms with Gasteiger partial charge in [-0.05, 0) is 53.7 Å². The Labute approximate surface area is 137 Å². The first-order valence-electron chi connectivity index (χ1n) is 7.43. The van der Waals surface area contributed by atoms with Crippen LogP contribution in [0.25, 0.3) is 0 Å². The SMILES string of the molecule is CCOC(=O)C(C)(C)NP(=O)(Oc1cccc(F)c1)C(C)(C)C. The minimum atomic E-state index is -3.56. The van der Waals surface area contributed by atoms with Gasteiger partial charge in [0.15, 0.2) is 0 Å². The maximum absolute atomic E-state index is 13.4. The van der Waals surface area contributed by atoms with Crippen molar-refractivity contribution in [1.29, 1.82) is 0 Å². The second-order valence-corrected chi connectivity index (χ2v) is 9.58. The van der Waals surface area contributed by atoms with E-state index in [9.17, 15) is 13.8 Å². The fourth-order valence-corrected chi connectivity index (χ4v) is 3.62. The molecular formula is C16H25FNO4P. The van der Waals surface area contributed by atoms with Crippen LogP contribution in [0, 0.1) is 5.82 Å². The fourth-order valence-electron chi connectivity index (χ4n) is 1.72. The van der Waals surface area contributed by atoms with Crippen LogP contribution < -0.4 is 9.61 Å². The lowest BCUT2D eigenvalue weighted by molar-refractivity contribution is -0.149. The first kappa shape index (κ1) is 19.7. The summed E-state index contributed by atoms with van der Waals surface area (Å²) in [5, 5.41) is 1.98. The molecule has 0 aromatic heterocycles. The van der Waals surface area contributed by atoms with E-state index in [-0.39, 0.29) is 12.4 Å². The molecule has 0 saturated heterocycles. The van der Waals surface area contributed by atoms with Crippen LogP contribution in [0.5, 0.6) is 5.75 Å². The van der Waals surface area contributed by atoms with Gasteiger partial charge >= 0.3 is 13.5 Å². The van der Waals surface area contributed by atoms with Crippen LogP contribution in [0.15, 0.2) is 24.3 Å². The molecule has 0 fully saturated rings. The van der Waals surface area contributed by atoms with Gasteiger partial charge in [-0.2, -0.15) is 0 Å². The maximum atomic E-state index is 13.4. The molecular weight excluding hydrogens is 320 g/mol. The molecule has 7 heteroatoms. The largest absolute Gasteiger partial charge is 0.465 e. The summed E-state index contributed by atoms with van der Waals surface area (Å²) < 4.78 is 37.3. The zero-order valence-electron chi connectivity index (χ0n) is 14.5. The van der Waals surface area contributed by atoms with Gasteiger partial charge in [-0.15, -0.1) is 0 Å². The van der Waals surface area contributed by atoms with Gasteiger partial charge in [-0.1, -0.05) is 6.07 Å². The van der Waals surface area contributed by atoms with Crippen LogP contribution in [0.3, 0.4) is 0 Å². The van der Waals surface area contributed by atoms with Gasteiger partial charge in [0.25, 0.3) is 0 Å². The highest BCUT2D eigenvalue weighted by atomic mass is 31.2. The molecule has 0 spiro atoms. The second kappa shape index (κ2) is 7.02. The first-order valence-corrected chi connectivity index (χ1v) is 9.06. The van der Waals surface area contributed by atoms with Gasteiger partial charge in [0, 0.05) is 6.07 Å². The number of hydrogen-bond acceptors (Lipinski definition) is 4. The van der Waals surface area contributed by atoms with E-state index >= 15 is 0 Å². The number of esters is 1. The fraction of sp³-hybridized carbons (Fsp3) is 0.562. The molecule has 0 saturated carbocycles. The number of nitrogens with one attached hydrogen (secondary N) is 1. The molecule has 0 amide bonds. The molecule has 0 aliphatic heterocycles. The summed E-state index contributed by atoms with van der Waals surface area (Å²) in [4.78, 5) is 12.1. The molecule has 0 aliphatic carbocycles. The van der Waals surface area contributed by atoms with E-state index in [1.54, 1.807) is 41.5 Å². The zero-order chi connectivity index (χ0) is 17.9. The molecule has 1 aromatic rings. The van der Waals surface area contributed by atoms with E-state index in [0.717, 1.165) is 6.07 Å². The molecule has 5 nitrogen and oxygen atoms in total. The van der Waals surface area contributed by atoms with Gasteiger partial charge < -0.3 is 9.26 Å². The van der Waals surface area contributed by atoms with Crippen LogP contribution in [-0.2, 0) is 14.1 Å². The molecule has 1 aromatic carbocycles. The topological polar surface area (TPSA) is 64.6 Å². The average Bonchev–Trinajstić information content (AvgIpc) is 2.36. The zero-order valence-corrected chi connectivity index (χ0v) is 15.4. The molecule has 1 rings (SSSR count). The van der Waals surface area contributed by atoms with E-state index in [0.29, 0.717) is 0 Å². The number of benzene rings is 1. The minimum Gasteiger partial charge on any atom is -0.465 e. The predicted molar refractivity (Wildman–Crippen MR) is 88.2 cm³/mol. The number of hydrogen-bond donors (Lipinski definition) is 1. The Morgan fingerprint density at radius 3 is 2.35 bits per heavy atom. The van der Waals surface area contributed by atoms with E-state index < -0.39 is 30.0 Å². The molecule has 0 aliphatic rings. The van der Waals surface area contributed by atoms with Crippen molar-refractivity contribution in [3.8, 4) is 5.75 Å². The van der Waals surface area contributed by atoms with E-state index in [1.165, 1.54) is 18.2 Å². The van der Waals surface area contributed by atoms with E-state index in [2.05, 4.69) is 5.09 Å². The van der Waals surface area contributed by atoms with Crippen molar-refractivity contribution in [3.05, 3.63) is 30.1 Å². The van der Waals surface area contributed by atoms with Gasteiger partial charge in [-0.3, -0.25) is 9.36 Å². The second-order valence-electron chi connectivity index (χ2n) is 6.73. The Morgan fingerprint density at radius 2 is 1.87 bits per heavy atom. The summed E-state index contributed by atoms with van der Waals surface area (Å²) in [5.41, 5.74) is -1.22. The normalized spacial score (nSPS) is 14.9. The number of carbonyl (C=O) groups excluding carboxylic acids is 1. The molecule has 0 radical (unpaired) electrons. The van der Waals surface area contributed by atoms with E-state index in [4.69, 9.17) is 9.26 Å². The quantitative estimate of drug-likeness (QED) is 0.620. The Morgan fingerprint density at radius 1 is 1.26 bits per heavy atom. The third-order valence-corrected chi connectivity index (χ3v) is 6.21. The van der Waals surface area contributed by atoms with Crippen molar-refractivity contribution >= 4 is 13.5 Å². The highest BCUT2D eigenvalue weighted by molar-refractivity contribution is 7.59. The molecule has 130 valence electrons. The monoisotopic (exact) mass is 345 g/mol. The Balaban J connectivity index is 3.14. The number of halogens is 1. The third kappa shape index (κ3) is 5.05. The maximum Gasteiger partial charge on any atom is 0.326 e. The molecule has 0 bridgehead atoms. The number of rotatable bonds is 6. The number of ether oxygens (including phenoxy) is 1. The lowest BCUT2D eigenvalue weighted by atomic mass is 10.1. The first-order chi connectivity index (χ1) is 10.4. The average molecular weight is 345 g/mol. The van der Waals surface area contributed by atoms with Gasteiger partial charge in [-0.25, -0.2) is 9.48 Å². The van der Waals surface area contributed by atoms with Crippen LogP contribution in [0.1, 0.15) is 41.5 Å².